The minimum absolute atomic E-state index is 0.107. The summed E-state index contributed by atoms with van der Waals surface area (Å²) < 4.78 is 47.2. The van der Waals surface area contributed by atoms with Gasteiger partial charge in [0.1, 0.15) is 12.4 Å². The molecule has 1 aliphatic heterocycles. The molecule has 4 rings (SSSR count). The highest BCUT2D eigenvalue weighted by Crippen LogP contribution is 2.16. The van der Waals surface area contributed by atoms with Crippen LogP contribution in [0.15, 0.2) is 57.8 Å². The Bertz CT molecular complexity index is 1390. The molecule has 33 heavy (non-hydrogen) atoms. The second-order valence-corrected chi connectivity index (χ2v) is 7.46. The van der Waals surface area contributed by atoms with Gasteiger partial charge in [-0.1, -0.05) is 18.2 Å². The van der Waals surface area contributed by atoms with Crippen molar-refractivity contribution in [2.75, 3.05) is 0 Å². The highest BCUT2D eigenvalue weighted by Gasteiger charge is 2.23. The Hall–Kier alpha value is -4.08. The number of carbonyl (C=O) groups is 1. The van der Waals surface area contributed by atoms with Crippen LogP contribution in [-0.4, -0.2) is 15.0 Å². The van der Waals surface area contributed by atoms with Crippen molar-refractivity contribution >= 4 is 12.1 Å². The van der Waals surface area contributed by atoms with Gasteiger partial charge in [-0.2, -0.15) is 0 Å². The fraction of sp³-hybridized carbons (Fsp3) is 0.174. The highest BCUT2D eigenvalue weighted by molar-refractivity contribution is 5.94. The van der Waals surface area contributed by atoms with Crippen LogP contribution in [0.1, 0.15) is 22.4 Å². The predicted octanol–water partition coefficient (Wildman–Crippen LogP) is 2.43. The Morgan fingerprint density at radius 2 is 1.73 bits per heavy atom. The number of benzene rings is 2. The summed E-state index contributed by atoms with van der Waals surface area (Å²) in [5.41, 5.74) is 0.0341. The van der Waals surface area contributed by atoms with Crippen LogP contribution in [0.2, 0.25) is 0 Å². The molecule has 170 valence electrons. The highest BCUT2D eigenvalue weighted by atomic mass is 19.2. The van der Waals surface area contributed by atoms with E-state index in [1.165, 1.54) is 43.5 Å². The number of nitrogens with zero attached hydrogens (tertiary/aromatic N) is 2. The van der Waals surface area contributed by atoms with Gasteiger partial charge < -0.3 is 10.1 Å². The van der Waals surface area contributed by atoms with Crippen molar-refractivity contribution in [3.05, 3.63) is 109 Å². The number of ether oxygens (including phenoxy) is 1. The van der Waals surface area contributed by atoms with E-state index >= 15 is 0 Å². The van der Waals surface area contributed by atoms with Crippen LogP contribution in [0.3, 0.4) is 0 Å². The Labute approximate surface area is 185 Å². The third-order valence-electron chi connectivity index (χ3n) is 5.25. The summed E-state index contributed by atoms with van der Waals surface area (Å²) in [5.74, 6) is -3.29. The van der Waals surface area contributed by atoms with Crippen molar-refractivity contribution in [3.63, 3.8) is 0 Å². The molecular formula is C23H18F3N3O4. The Balaban J connectivity index is 1.63. The van der Waals surface area contributed by atoms with Crippen molar-refractivity contribution in [2.24, 2.45) is 0 Å². The largest absolute Gasteiger partial charge is 0.480 e. The van der Waals surface area contributed by atoms with Crippen molar-refractivity contribution < 1.29 is 22.7 Å². The van der Waals surface area contributed by atoms with E-state index in [-0.39, 0.29) is 42.3 Å². The molecule has 0 spiro atoms. The van der Waals surface area contributed by atoms with Crippen LogP contribution in [0.4, 0.5) is 13.2 Å². The topological polar surface area (TPSA) is 82.3 Å². The molecule has 1 N–H and O–H groups in total. The molecule has 0 saturated heterocycles. The smallest absolute Gasteiger partial charge is 0.335 e. The molecule has 0 saturated carbocycles. The molecule has 10 heteroatoms. The minimum atomic E-state index is -1.09. The monoisotopic (exact) mass is 457 g/mol. The van der Waals surface area contributed by atoms with Gasteiger partial charge in [0.05, 0.1) is 18.4 Å². The van der Waals surface area contributed by atoms with E-state index in [0.717, 1.165) is 21.3 Å². The summed E-state index contributed by atoms with van der Waals surface area (Å²) in [5, 5.41) is 2.61. The summed E-state index contributed by atoms with van der Waals surface area (Å²) >= 11 is 0. The van der Waals surface area contributed by atoms with Crippen LogP contribution in [0, 0.1) is 24.4 Å². The van der Waals surface area contributed by atoms with E-state index in [9.17, 15) is 27.6 Å². The standard InChI is InChI=1S/C23H18F3N3O4/c1-13-19-12-33-20(21(30)27-9-14-2-5-16(24)6-3-14)11-28(19)23(32)29(22(13)31)10-15-4-7-17(25)18(26)8-15/h2-8,11H,9-10,12H2,1H3,(H,27,30). The molecule has 0 radical (unpaired) electrons. The lowest BCUT2D eigenvalue weighted by atomic mass is 10.2. The number of nitrogens with one attached hydrogen (secondary N) is 1. The summed E-state index contributed by atoms with van der Waals surface area (Å²) in [7, 11) is 0. The molecule has 1 aliphatic rings. The number of carbonyl (C=O) groups excluding carboxylic acids is 1. The molecule has 7 nitrogen and oxygen atoms in total. The second kappa shape index (κ2) is 8.81. The lowest BCUT2D eigenvalue weighted by Gasteiger charge is -2.21. The predicted molar refractivity (Wildman–Crippen MR) is 112 cm³/mol. The van der Waals surface area contributed by atoms with Gasteiger partial charge in [-0.25, -0.2) is 18.0 Å². The van der Waals surface area contributed by atoms with Crippen molar-refractivity contribution in [1.29, 1.82) is 0 Å². The van der Waals surface area contributed by atoms with Crippen molar-refractivity contribution in [2.45, 2.75) is 26.6 Å². The molecule has 2 aromatic carbocycles. The third-order valence-corrected chi connectivity index (χ3v) is 5.25. The first-order valence-corrected chi connectivity index (χ1v) is 9.90. The zero-order valence-corrected chi connectivity index (χ0v) is 17.4. The number of rotatable bonds is 5. The summed E-state index contributed by atoms with van der Waals surface area (Å²) in [4.78, 5) is 38.2. The normalized spacial score (nSPS) is 12.5. The number of hydrogen-bond acceptors (Lipinski definition) is 4. The average molecular weight is 457 g/mol. The lowest BCUT2D eigenvalue weighted by Crippen LogP contribution is -2.43. The maximum atomic E-state index is 13.6. The first-order valence-electron chi connectivity index (χ1n) is 9.90. The molecule has 3 aromatic rings. The van der Waals surface area contributed by atoms with Gasteiger partial charge in [0, 0.05) is 12.1 Å². The number of hydrogen-bond donors (Lipinski definition) is 1. The first-order chi connectivity index (χ1) is 15.7. The van der Waals surface area contributed by atoms with Gasteiger partial charge in [-0.05, 0) is 42.3 Å². The second-order valence-electron chi connectivity index (χ2n) is 7.46. The maximum absolute atomic E-state index is 13.6. The number of halogens is 3. The van der Waals surface area contributed by atoms with E-state index in [1.54, 1.807) is 0 Å². The van der Waals surface area contributed by atoms with Crippen LogP contribution in [0.25, 0.3) is 6.20 Å². The Kier molecular flexibility index (Phi) is 5.91. The molecule has 0 bridgehead atoms. The zero-order chi connectivity index (χ0) is 23.7. The van der Waals surface area contributed by atoms with Crippen molar-refractivity contribution in [1.82, 2.24) is 14.5 Å². The lowest BCUT2D eigenvalue weighted by molar-refractivity contribution is -0.121. The Morgan fingerprint density at radius 1 is 1.03 bits per heavy atom. The van der Waals surface area contributed by atoms with E-state index in [0.29, 0.717) is 5.56 Å². The minimum Gasteiger partial charge on any atom is -0.480 e. The van der Waals surface area contributed by atoms with E-state index < -0.39 is 34.6 Å². The van der Waals surface area contributed by atoms with E-state index in [4.69, 9.17) is 4.74 Å². The van der Waals surface area contributed by atoms with E-state index in [2.05, 4.69) is 5.32 Å². The van der Waals surface area contributed by atoms with Gasteiger partial charge in [0.15, 0.2) is 11.6 Å². The number of fused-ring (bicyclic) bond motifs is 1. The van der Waals surface area contributed by atoms with Gasteiger partial charge in [-0.15, -0.1) is 0 Å². The van der Waals surface area contributed by atoms with Crippen LogP contribution in [0.5, 0.6) is 0 Å². The van der Waals surface area contributed by atoms with Crippen LogP contribution < -0.4 is 16.6 Å². The van der Waals surface area contributed by atoms with Crippen LogP contribution >= 0.6 is 0 Å². The fourth-order valence-electron chi connectivity index (χ4n) is 3.41. The average Bonchev–Trinajstić information content (AvgIpc) is 2.81. The number of amides is 1. The van der Waals surface area contributed by atoms with Gasteiger partial charge >= 0.3 is 5.69 Å². The fourth-order valence-corrected chi connectivity index (χ4v) is 3.41. The molecule has 2 heterocycles. The maximum Gasteiger partial charge on any atom is 0.335 e. The third kappa shape index (κ3) is 4.45. The summed E-state index contributed by atoms with van der Waals surface area (Å²) in [6.45, 7) is 1.15. The van der Waals surface area contributed by atoms with Gasteiger partial charge in [-0.3, -0.25) is 18.7 Å². The molecule has 0 aliphatic carbocycles. The van der Waals surface area contributed by atoms with Crippen LogP contribution in [-0.2, 0) is 29.2 Å². The van der Waals surface area contributed by atoms with Gasteiger partial charge in [0.25, 0.3) is 11.5 Å². The molecule has 0 atom stereocenters. The molecule has 1 amide bonds. The molecule has 0 fully saturated rings. The molecular weight excluding hydrogens is 439 g/mol. The van der Waals surface area contributed by atoms with Crippen molar-refractivity contribution in [3.8, 4) is 0 Å². The molecule has 1 aromatic heterocycles. The van der Waals surface area contributed by atoms with E-state index in [1.807, 2.05) is 0 Å². The Morgan fingerprint density at radius 3 is 2.42 bits per heavy atom. The first kappa shape index (κ1) is 22.1. The zero-order valence-electron chi connectivity index (χ0n) is 17.4. The molecule has 0 unspecified atom stereocenters. The SMILES string of the molecule is Cc1c2n(c(=O)n(Cc3ccc(F)c(F)c3)c1=O)C=C(C(=O)NCc1ccc(F)cc1)OC2. The quantitative estimate of drug-likeness (QED) is 0.638. The summed E-state index contributed by atoms with van der Waals surface area (Å²) in [6, 6.07) is 8.67. The van der Waals surface area contributed by atoms with Gasteiger partial charge in [0.2, 0.25) is 5.76 Å². The number of aromatic nitrogens is 2. The summed E-state index contributed by atoms with van der Waals surface area (Å²) in [6.07, 6.45) is 1.18.